The summed E-state index contributed by atoms with van der Waals surface area (Å²) >= 11 is 5.68. The minimum atomic E-state index is 0.339. The summed E-state index contributed by atoms with van der Waals surface area (Å²) in [4.78, 5) is 0. The van der Waals surface area contributed by atoms with Gasteiger partial charge in [0, 0.05) is 6.07 Å². The number of rotatable bonds is 1. The highest BCUT2D eigenvalue weighted by atomic mass is 35.5. The van der Waals surface area contributed by atoms with E-state index in [-0.39, 0.29) is 0 Å². The number of nitrogens with zero attached hydrogens (tertiary/aromatic N) is 1. The molecule has 11 heavy (non-hydrogen) atoms. The maximum Gasteiger partial charge on any atom is 0.155 e. The van der Waals surface area contributed by atoms with Crippen molar-refractivity contribution in [3.05, 3.63) is 28.8 Å². The predicted octanol–water partition coefficient (Wildman–Crippen LogP) is 2.02. The van der Waals surface area contributed by atoms with Gasteiger partial charge in [0.2, 0.25) is 0 Å². The van der Waals surface area contributed by atoms with Crippen molar-refractivity contribution in [1.29, 1.82) is 5.26 Å². The average Bonchev–Trinajstić information content (AvgIpc) is 2.04. The van der Waals surface area contributed by atoms with Crippen molar-refractivity contribution in [3.63, 3.8) is 0 Å². The SMILES string of the molecule is COc1c(Cl)[c]ccc1C#N. The lowest BCUT2D eigenvalue weighted by Crippen LogP contribution is -1.87. The first-order valence-corrected chi connectivity index (χ1v) is 3.31. The van der Waals surface area contributed by atoms with Crippen LogP contribution in [0.3, 0.4) is 0 Å². The van der Waals surface area contributed by atoms with Gasteiger partial charge in [-0.05, 0) is 6.07 Å². The summed E-state index contributed by atoms with van der Waals surface area (Å²) in [6, 6.07) is 7.86. The van der Waals surface area contributed by atoms with E-state index in [0.717, 1.165) is 0 Å². The standard InChI is InChI=1S/C8H5ClNO/c1-11-8-6(5-10)3-2-4-7(8)9/h2-3H,1H3. The molecule has 0 aliphatic rings. The van der Waals surface area contributed by atoms with E-state index in [9.17, 15) is 0 Å². The van der Waals surface area contributed by atoms with E-state index in [1.54, 1.807) is 12.1 Å². The number of benzene rings is 1. The van der Waals surface area contributed by atoms with Crippen molar-refractivity contribution in [1.82, 2.24) is 0 Å². The molecule has 2 nitrogen and oxygen atoms in total. The van der Waals surface area contributed by atoms with E-state index in [4.69, 9.17) is 21.6 Å². The summed E-state index contributed by atoms with van der Waals surface area (Å²) in [5, 5.41) is 8.91. The Balaban J connectivity index is 3.27. The third kappa shape index (κ3) is 1.44. The van der Waals surface area contributed by atoms with Crippen molar-refractivity contribution in [2.75, 3.05) is 7.11 Å². The van der Waals surface area contributed by atoms with Crippen LogP contribution in [0, 0.1) is 17.4 Å². The minimum Gasteiger partial charge on any atom is -0.494 e. The van der Waals surface area contributed by atoms with Gasteiger partial charge < -0.3 is 4.74 Å². The first-order valence-electron chi connectivity index (χ1n) is 2.94. The first-order chi connectivity index (χ1) is 5.29. The highest BCUT2D eigenvalue weighted by molar-refractivity contribution is 6.32. The van der Waals surface area contributed by atoms with Crippen LogP contribution in [-0.4, -0.2) is 7.11 Å². The quantitative estimate of drug-likeness (QED) is 0.640. The Hall–Kier alpha value is -1.20. The summed E-state index contributed by atoms with van der Waals surface area (Å²) in [7, 11) is 1.47. The fraction of sp³-hybridized carbons (Fsp3) is 0.125. The van der Waals surface area contributed by atoms with Gasteiger partial charge in [0.25, 0.3) is 0 Å². The molecule has 0 aromatic heterocycles. The molecule has 0 atom stereocenters. The Morgan fingerprint density at radius 2 is 2.45 bits per heavy atom. The van der Waals surface area contributed by atoms with Gasteiger partial charge >= 0.3 is 0 Å². The monoisotopic (exact) mass is 166 g/mol. The molecule has 0 unspecified atom stereocenters. The van der Waals surface area contributed by atoms with Crippen molar-refractivity contribution >= 4 is 11.6 Å². The second-order valence-electron chi connectivity index (χ2n) is 1.85. The molecule has 0 bridgehead atoms. The summed E-state index contributed by atoms with van der Waals surface area (Å²) in [6.45, 7) is 0. The van der Waals surface area contributed by atoms with Crippen molar-refractivity contribution in [3.8, 4) is 11.8 Å². The maximum absolute atomic E-state index is 8.57. The number of halogens is 1. The molecule has 0 heterocycles. The third-order valence-corrected chi connectivity index (χ3v) is 1.51. The molecule has 0 amide bonds. The second-order valence-corrected chi connectivity index (χ2v) is 2.23. The van der Waals surface area contributed by atoms with E-state index in [1.165, 1.54) is 7.11 Å². The lowest BCUT2D eigenvalue weighted by molar-refractivity contribution is 0.413. The Bertz CT molecular complexity index is 303. The van der Waals surface area contributed by atoms with Crippen LogP contribution in [0.2, 0.25) is 5.02 Å². The fourth-order valence-electron chi connectivity index (χ4n) is 0.745. The molecule has 0 fully saturated rings. The molecule has 0 saturated carbocycles. The van der Waals surface area contributed by atoms with Gasteiger partial charge in [0.05, 0.1) is 17.7 Å². The van der Waals surface area contributed by atoms with Crippen LogP contribution in [0.5, 0.6) is 5.75 Å². The third-order valence-electron chi connectivity index (χ3n) is 1.23. The zero-order chi connectivity index (χ0) is 8.27. The first kappa shape index (κ1) is 7.90. The van der Waals surface area contributed by atoms with Gasteiger partial charge in [0.1, 0.15) is 6.07 Å². The Kier molecular flexibility index (Phi) is 2.35. The van der Waals surface area contributed by atoms with Crippen molar-refractivity contribution < 1.29 is 4.74 Å². The number of ether oxygens (including phenoxy) is 1. The fourth-order valence-corrected chi connectivity index (χ4v) is 0.987. The Labute approximate surface area is 70.0 Å². The predicted molar refractivity (Wildman–Crippen MR) is 41.6 cm³/mol. The largest absolute Gasteiger partial charge is 0.494 e. The summed E-state index contributed by atoms with van der Waals surface area (Å²) in [5.41, 5.74) is 0.427. The number of methoxy groups -OCH3 is 1. The summed E-state index contributed by atoms with van der Waals surface area (Å²) in [6.07, 6.45) is 0. The zero-order valence-corrected chi connectivity index (χ0v) is 6.64. The average molecular weight is 167 g/mol. The minimum absolute atomic E-state index is 0.339. The lowest BCUT2D eigenvalue weighted by atomic mass is 10.2. The number of hydrogen-bond donors (Lipinski definition) is 0. The van der Waals surface area contributed by atoms with Gasteiger partial charge in [-0.3, -0.25) is 0 Å². The molecule has 1 radical (unpaired) electrons. The number of nitriles is 1. The molecule has 55 valence electrons. The maximum atomic E-state index is 8.57. The van der Waals surface area contributed by atoms with E-state index < -0.39 is 0 Å². The summed E-state index contributed by atoms with van der Waals surface area (Å²) in [5.74, 6) is 0.386. The molecule has 0 N–H and O–H groups in total. The Morgan fingerprint density at radius 3 is 2.91 bits per heavy atom. The molecule has 0 aliphatic carbocycles. The second kappa shape index (κ2) is 3.27. The van der Waals surface area contributed by atoms with E-state index in [1.807, 2.05) is 6.07 Å². The molecular weight excluding hydrogens is 162 g/mol. The van der Waals surface area contributed by atoms with Crippen LogP contribution in [0.25, 0.3) is 0 Å². The summed E-state index contributed by atoms with van der Waals surface area (Å²) < 4.78 is 4.88. The van der Waals surface area contributed by atoms with Crippen molar-refractivity contribution in [2.45, 2.75) is 0 Å². The topological polar surface area (TPSA) is 33.0 Å². The smallest absolute Gasteiger partial charge is 0.155 e. The van der Waals surface area contributed by atoms with Gasteiger partial charge in [-0.2, -0.15) is 5.26 Å². The molecule has 3 heteroatoms. The van der Waals surface area contributed by atoms with Crippen molar-refractivity contribution in [2.24, 2.45) is 0 Å². The molecular formula is C8H5ClNO. The van der Waals surface area contributed by atoms with Crippen LogP contribution >= 0.6 is 11.6 Å². The lowest BCUT2D eigenvalue weighted by Gasteiger charge is -2.02. The molecule has 1 rings (SSSR count). The van der Waals surface area contributed by atoms with E-state index in [2.05, 4.69) is 6.07 Å². The highest BCUT2D eigenvalue weighted by Gasteiger charge is 2.05. The van der Waals surface area contributed by atoms with Gasteiger partial charge in [0.15, 0.2) is 5.75 Å². The number of hydrogen-bond acceptors (Lipinski definition) is 2. The van der Waals surface area contributed by atoms with Crippen LogP contribution in [0.4, 0.5) is 0 Å². The van der Waals surface area contributed by atoms with Crippen LogP contribution in [0.1, 0.15) is 5.56 Å². The van der Waals surface area contributed by atoms with Crippen LogP contribution in [-0.2, 0) is 0 Å². The van der Waals surface area contributed by atoms with Crippen LogP contribution in [0.15, 0.2) is 12.1 Å². The molecule has 0 spiro atoms. The van der Waals surface area contributed by atoms with E-state index in [0.29, 0.717) is 16.3 Å². The van der Waals surface area contributed by atoms with Crippen LogP contribution < -0.4 is 4.74 Å². The molecule has 0 saturated heterocycles. The zero-order valence-electron chi connectivity index (χ0n) is 5.89. The van der Waals surface area contributed by atoms with Gasteiger partial charge in [-0.25, -0.2) is 0 Å². The molecule has 1 aromatic carbocycles. The van der Waals surface area contributed by atoms with E-state index >= 15 is 0 Å². The van der Waals surface area contributed by atoms with Gasteiger partial charge in [-0.1, -0.05) is 17.7 Å². The molecule has 1 aromatic rings. The normalized spacial score (nSPS) is 8.82. The van der Waals surface area contributed by atoms with Gasteiger partial charge in [-0.15, -0.1) is 0 Å². The highest BCUT2D eigenvalue weighted by Crippen LogP contribution is 2.26. The molecule has 0 aliphatic heterocycles. The Morgan fingerprint density at radius 1 is 1.73 bits per heavy atom.